The number of benzene rings is 1. The molecule has 3 rings (SSSR count). The largest absolute Gasteiger partial charge is 0.381 e. The van der Waals surface area contributed by atoms with Crippen LogP contribution in [0.3, 0.4) is 0 Å². The molecule has 1 saturated heterocycles. The van der Waals surface area contributed by atoms with Crippen molar-refractivity contribution in [3.8, 4) is 0 Å². The molecule has 0 N–H and O–H groups in total. The molecule has 1 aliphatic rings. The molecule has 2 aromatic rings. The third kappa shape index (κ3) is 4.04. The maximum absolute atomic E-state index is 5.75. The predicted octanol–water partition coefficient (Wildman–Crippen LogP) is 3.18. The van der Waals surface area contributed by atoms with Crippen LogP contribution in [-0.4, -0.2) is 51.0 Å². The highest BCUT2D eigenvalue weighted by Gasteiger charge is 2.25. The molecule has 0 aliphatic carbocycles. The van der Waals surface area contributed by atoms with Crippen LogP contribution in [0.1, 0.15) is 12.0 Å². The van der Waals surface area contributed by atoms with Crippen LogP contribution < -0.4 is 0 Å². The summed E-state index contributed by atoms with van der Waals surface area (Å²) in [5.74, 6) is 0. The van der Waals surface area contributed by atoms with Crippen molar-refractivity contribution < 1.29 is 9.47 Å². The van der Waals surface area contributed by atoms with E-state index in [1.54, 1.807) is 18.4 Å². The van der Waals surface area contributed by atoms with Gasteiger partial charge in [0.15, 0.2) is 0 Å². The van der Waals surface area contributed by atoms with Gasteiger partial charge in [-0.25, -0.2) is 0 Å². The Balaban J connectivity index is 1.28. The van der Waals surface area contributed by atoms with Crippen molar-refractivity contribution in [3.63, 3.8) is 0 Å². The van der Waals surface area contributed by atoms with E-state index in [1.807, 2.05) is 0 Å². The summed E-state index contributed by atoms with van der Waals surface area (Å²) in [5, 5.41) is 3.50. The molecule has 2 heterocycles. The van der Waals surface area contributed by atoms with Gasteiger partial charge in [-0.15, -0.1) is 11.3 Å². The van der Waals surface area contributed by atoms with Crippen LogP contribution in [0.25, 0.3) is 10.1 Å². The van der Waals surface area contributed by atoms with E-state index in [0.717, 1.165) is 45.7 Å². The number of thiophene rings is 1. The summed E-state index contributed by atoms with van der Waals surface area (Å²) in [6.45, 7) is 4.96. The first-order valence-corrected chi connectivity index (χ1v) is 8.52. The molecule has 0 amide bonds. The first-order chi connectivity index (χ1) is 10.3. The van der Waals surface area contributed by atoms with Crippen molar-refractivity contribution >= 4 is 21.4 Å². The van der Waals surface area contributed by atoms with Crippen molar-refractivity contribution in [2.24, 2.45) is 0 Å². The van der Waals surface area contributed by atoms with Crippen molar-refractivity contribution in [3.05, 3.63) is 35.2 Å². The summed E-state index contributed by atoms with van der Waals surface area (Å²) in [6, 6.07) is 8.89. The summed E-state index contributed by atoms with van der Waals surface area (Å²) in [4.78, 5) is 2.42. The maximum atomic E-state index is 5.75. The summed E-state index contributed by atoms with van der Waals surface area (Å²) in [6.07, 6.45) is 2.57. The Labute approximate surface area is 130 Å². The normalized spacial score (nSPS) is 16.4. The van der Waals surface area contributed by atoms with E-state index in [2.05, 4.69) is 34.5 Å². The number of methoxy groups -OCH3 is 1. The summed E-state index contributed by atoms with van der Waals surface area (Å²) >= 11 is 1.80. The molecule has 0 radical (unpaired) electrons. The molecular weight excluding hydrogens is 282 g/mol. The minimum absolute atomic E-state index is 0.456. The van der Waals surface area contributed by atoms with E-state index in [0.29, 0.717) is 6.10 Å². The average Bonchev–Trinajstić information content (AvgIpc) is 2.92. The summed E-state index contributed by atoms with van der Waals surface area (Å²) < 4.78 is 12.4. The SMILES string of the molecule is COC1CN(CCCOCCc2ccc3sccc3c2)C1. The molecule has 3 nitrogen and oxygen atoms in total. The Morgan fingerprint density at radius 3 is 3.00 bits per heavy atom. The number of hydrogen-bond acceptors (Lipinski definition) is 4. The number of hydrogen-bond donors (Lipinski definition) is 0. The topological polar surface area (TPSA) is 21.7 Å². The van der Waals surface area contributed by atoms with Crippen LogP contribution in [-0.2, 0) is 15.9 Å². The Morgan fingerprint density at radius 1 is 1.24 bits per heavy atom. The van der Waals surface area contributed by atoms with Gasteiger partial charge in [-0.3, -0.25) is 4.90 Å². The standard InChI is InChI=1S/C17H23NO2S/c1-19-16-12-18(13-16)7-2-8-20-9-5-14-3-4-17-15(11-14)6-10-21-17/h3-4,6,10-11,16H,2,5,7-9,12-13H2,1H3. The first kappa shape index (κ1) is 15.0. The molecule has 21 heavy (non-hydrogen) atoms. The van der Waals surface area contributed by atoms with Crippen molar-refractivity contribution in [2.75, 3.05) is 40.0 Å². The van der Waals surface area contributed by atoms with Gasteiger partial charge in [0.1, 0.15) is 0 Å². The van der Waals surface area contributed by atoms with Gasteiger partial charge in [0.25, 0.3) is 0 Å². The first-order valence-electron chi connectivity index (χ1n) is 7.64. The van der Waals surface area contributed by atoms with Crippen LogP contribution in [0.5, 0.6) is 0 Å². The van der Waals surface area contributed by atoms with Gasteiger partial charge in [-0.2, -0.15) is 0 Å². The third-order valence-electron chi connectivity index (χ3n) is 4.07. The second kappa shape index (κ2) is 7.36. The number of nitrogens with zero attached hydrogens (tertiary/aromatic N) is 1. The van der Waals surface area contributed by atoms with E-state index < -0.39 is 0 Å². The van der Waals surface area contributed by atoms with E-state index in [9.17, 15) is 0 Å². The minimum Gasteiger partial charge on any atom is -0.381 e. The Morgan fingerprint density at radius 2 is 2.14 bits per heavy atom. The third-order valence-corrected chi connectivity index (χ3v) is 4.97. The number of rotatable bonds is 8. The molecule has 0 atom stereocenters. The fourth-order valence-electron chi connectivity index (χ4n) is 2.71. The lowest BCUT2D eigenvalue weighted by atomic mass is 10.1. The minimum atomic E-state index is 0.456. The monoisotopic (exact) mass is 305 g/mol. The van der Waals surface area contributed by atoms with E-state index in [-0.39, 0.29) is 0 Å². The Kier molecular flexibility index (Phi) is 5.25. The molecule has 1 aromatic carbocycles. The van der Waals surface area contributed by atoms with Gasteiger partial charge < -0.3 is 9.47 Å². The van der Waals surface area contributed by atoms with E-state index in [4.69, 9.17) is 9.47 Å². The molecule has 0 unspecified atom stereocenters. The van der Waals surface area contributed by atoms with E-state index in [1.165, 1.54) is 15.6 Å². The zero-order valence-electron chi connectivity index (χ0n) is 12.6. The van der Waals surface area contributed by atoms with Gasteiger partial charge in [0, 0.05) is 38.1 Å². The number of fused-ring (bicyclic) bond motifs is 1. The lowest BCUT2D eigenvalue weighted by molar-refractivity contribution is -0.0323. The fraction of sp³-hybridized carbons (Fsp3) is 0.529. The molecule has 0 spiro atoms. The van der Waals surface area contributed by atoms with Crippen molar-refractivity contribution in [1.82, 2.24) is 4.90 Å². The molecule has 114 valence electrons. The van der Waals surface area contributed by atoms with Gasteiger partial charge in [0.2, 0.25) is 0 Å². The summed E-state index contributed by atoms with van der Waals surface area (Å²) in [7, 11) is 1.79. The fourth-order valence-corrected chi connectivity index (χ4v) is 3.48. The highest BCUT2D eigenvalue weighted by molar-refractivity contribution is 7.17. The molecule has 1 aromatic heterocycles. The van der Waals surface area contributed by atoms with Crippen LogP contribution >= 0.6 is 11.3 Å². The molecule has 1 aliphatic heterocycles. The molecule has 1 fully saturated rings. The van der Waals surface area contributed by atoms with Gasteiger partial charge in [-0.1, -0.05) is 12.1 Å². The van der Waals surface area contributed by atoms with Crippen molar-refractivity contribution in [1.29, 1.82) is 0 Å². The highest BCUT2D eigenvalue weighted by Crippen LogP contribution is 2.21. The zero-order valence-corrected chi connectivity index (χ0v) is 13.4. The molecule has 0 saturated carbocycles. The lowest BCUT2D eigenvalue weighted by Crippen LogP contribution is -2.51. The summed E-state index contributed by atoms with van der Waals surface area (Å²) in [5.41, 5.74) is 1.37. The second-order valence-corrected chi connectivity index (χ2v) is 6.57. The smallest absolute Gasteiger partial charge is 0.0824 e. The number of likely N-dealkylation sites (tertiary alicyclic amines) is 1. The van der Waals surface area contributed by atoms with Crippen LogP contribution in [0, 0.1) is 0 Å². The van der Waals surface area contributed by atoms with Crippen LogP contribution in [0.2, 0.25) is 0 Å². The van der Waals surface area contributed by atoms with Crippen molar-refractivity contribution in [2.45, 2.75) is 18.9 Å². The second-order valence-electron chi connectivity index (χ2n) is 5.63. The zero-order chi connectivity index (χ0) is 14.5. The molecule has 0 bridgehead atoms. The van der Waals surface area contributed by atoms with Gasteiger partial charge in [0.05, 0.1) is 12.7 Å². The van der Waals surface area contributed by atoms with Crippen LogP contribution in [0.15, 0.2) is 29.6 Å². The number of ether oxygens (including phenoxy) is 2. The highest BCUT2D eigenvalue weighted by atomic mass is 32.1. The van der Waals surface area contributed by atoms with Gasteiger partial charge >= 0.3 is 0 Å². The Bertz CT molecular complexity index is 563. The van der Waals surface area contributed by atoms with Crippen LogP contribution in [0.4, 0.5) is 0 Å². The Hall–Kier alpha value is -0.940. The molecule has 4 heteroatoms. The lowest BCUT2D eigenvalue weighted by Gasteiger charge is -2.38. The molecular formula is C17H23NO2S. The maximum Gasteiger partial charge on any atom is 0.0824 e. The quantitative estimate of drug-likeness (QED) is 0.699. The van der Waals surface area contributed by atoms with E-state index >= 15 is 0 Å². The van der Waals surface area contributed by atoms with Gasteiger partial charge in [-0.05, 0) is 41.3 Å². The average molecular weight is 305 g/mol. The predicted molar refractivity (Wildman–Crippen MR) is 88.2 cm³/mol.